The summed E-state index contributed by atoms with van der Waals surface area (Å²) in [4.78, 5) is 12.7. The average Bonchev–Trinajstić information content (AvgIpc) is 2.93. The predicted molar refractivity (Wildman–Crippen MR) is 145 cm³/mol. The van der Waals surface area contributed by atoms with Gasteiger partial charge in [0.2, 0.25) is 0 Å². The van der Waals surface area contributed by atoms with Crippen LogP contribution in [0, 0.1) is 6.92 Å². The number of nitrogens with one attached hydrogen (secondary N) is 1. The van der Waals surface area contributed by atoms with E-state index in [1.54, 1.807) is 48.5 Å². The molecular weight excluding hydrogens is 486 g/mol. The molecule has 37 heavy (non-hydrogen) atoms. The van der Waals surface area contributed by atoms with E-state index in [9.17, 15) is 13.2 Å². The first kappa shape index (κ1) is 25.7. The van der Waals surface area contributed by atoms with E-state index in [0.29, 0.717) is 17.9 Å². The summed E-state index contributed by atoms with van der Waals surface area (Å²) in [6, 6.07) is 30.2. The summed E-state index contributed by atoms with van der Waals surface area (Å²) in [5, 5.41) is 4.01. The highest BCUT2D eigenvalue weighted by molar-refractivity contribution is 7.92. The lowest BCUT2D eigenvalue weighted by Crippen LogP contribution is -2.26. The highest BCUT2D eigenvalue weighted by Gasteiger charge is 2.21. The number of carbonyl (C=O) groups is 1. The lowest BCUT2D eigenvalue weighted by Gasteiger charge is -2.19. The van der Waals surface area contributed by atoms with Crippen molar-refractivity contribution in [2.75, 3.05) is 11.4 Å². The molecule has 0 aromatic heterocycles. The Labute approximate surface area is 217 Å². The van der Waals surface area contributed by atoms with E-state index < -0.39 is 15.9 Å². The van der Waals surface area contributed by atoms with Crippen LogP contribution in [0.25, 0.3) is 0 Å². The number of hydrogen-bond acceptors (Lipinski definition) is 5. The fourth-order valence-corrected chi connectivity index (χ4v) is 4.65. The molecule has 0 radical (unpaired) electrons. The molecule has 0 spiro atoms. The topological polar surface area (TPSA) is 88.1 Å². The van der Waals surface area contributed by atoms with Crippen LogP contribution in [0.3, 0.4) is 0 Å². The van der Waals surface area contributed by atoms with Gasteiger partial charge in [-0.25, -0.2) is 13.8 Å². The van der Waals surface area contributed by atoms with Crippen LogP contribution in [0.4, 0.5) is 5.69 Å². The largest absolute Gasteiger partial charge is 0.489 e. The van der Waals surface area contributed by atoms with Gasteiger partial charge < -0.3 is 4.74 Å². The first-order valence-electron chi connectivity index (χ1n) is 11.6. The van der Waals surface area contributed by atoms with E-state index in [0.717, 1.165) is 22.4 Å². The second-order valence-electron chi connectivity index (χ2n) is 8.37. The molecule has 4 aromatic rings. The first-order chi connectivity index (χ1) is 17.8. The van der Waals surface area contributed by atoms with Crippen molar-refractivity contribution in [1.82, 2.24) is 5.43 Å². The van der Waals surface area contributed by atoms with Crippen molar-refractivity contribution in [2.24, 2.45) is 5.10 Å². The van der Waals surface area contributed by atoms with Crippen LogP contribution >= 0.6 is 0 Å². The maximum atomic E-state index is 12.9. The van der Waals surface area contributed by atoms with Gasteiger partial charge in [0.1, 0.15) is 12.4 Å². The van der Waals surface area contributed by atoms with Crippen LogP contribution < -0.4 is 14.5 Å². The van der Waals surface area contributed by atoms with E-state index in [4.69, 9.17) is 4.74 Å². The molecule has 0 heterocycles. The third-order valence-electron chi connectivity index (χ3n) is 5.68. The summed E-state index contributed by atoms with van der Waals surface area (Å²) >= 11 is 0. The number of aryl methyl sites for hydroxylation is 1. The molecule has 0 aliphatic carbocycles. The van der Waals surface area contributed by atoms with E-state index >= 15 is 0 Å². The van der Waals surface area contributed by atoms with Gasteiger partial charge in [-0.1, -0.05) is 48.0 Å². The number of hydrazone groups is 1. The van der Waals surface area contributed by atoms with Crippen molar-refractivity contribution in [3.05, 3.63) is 125 Å². The van der Waals surface area contributed by atoms with Gasteiger partial charge in [-0.2, -0.15) is 5.10 Å². The highest BCUT2D eigenvalue weighted by atomic mass is 32.2. The molecule has 0 fully saturated rings. The van der Waals surface area contributed by atoms with Crippen LogP contribution in [0.2, 0.25) is 0 Å². The number of sulfonamides is 1. The van der Waals surface area contributed by atoms with E-state index in [-0.39, 0.29) is 4.90 Å². The fraction of sp³-hybridized carbons (Fsp3) is 0.103. The van der Waals surface area contributed by atoms with Gasteiger partial charge in [0.25, 0.3) is 15.9 Å². The number of hydrogen-bond donors (Lipinski definition) is 1. The molecule has 0 aliphatic heterocycles. The molecule has 0 aliphatic rings. The molecule has 7 nitrogen and oxygen atoms in total. The zero-order valence-electron chi connectivity index (χ0n) is 20.5. The number of nitrogens with zero attached hydrogens (tertiary/aromatic N) is 2. The summed E-state index contributed by atoms with van der Waals surface area (Å²) in [5.74, 6) is 0.328. The Hall–Kier alpha value is -4.43. The number of anilines is 1. The lowest BCUT2D eigenvalue weighted by molar-refractivity contribution is 0.0955. The minimum absolute atomic E-state index is 0.201. The van der Waals surface area contributed by atoms with Gasteiger partial charge >= 0.3 is 0 Å². The molecule has 188 valence electrons. The monoisotopic (exact) mass is 513 g/mol. The third kappa shape index (κ3) is 6.62. The maximum absolute atomic E-state index is 12.9. The Morgan fingerprint density at radius 3 is 2.19 bits per heavy atom. The standard InChI is InChI=1S/C29H27N3O4S/c1-22-8-18-28(19-9-22)37(34,35)32(2)26-14-12-25(13-15-26)29(33)31-30-20-23-10-16-27(17-11-23)36-21-24-6-4-3-5-7-24/h3-20H,21H2,1-2H3,(H,31,33)/b30-20-. The number of rotatable bonds is 9. The molecule has 8 heteroatoms. The average molecular weight is 514 g/mol. The minimum Gasteiger partial charge on any atom is -0.489 e. The fourth-order valence-electron chi connectivity index (χ4n) is 3.45. The number of amides is 1. The number of benzene rings is 4. The Balaban J connectivity index is 1.32. The van der Waals surface area contributed by atoms with Crippen molar-refractivity contribution in [3.8, 4) is 5.75 Å². The molecule has 1 amide bonds. The second-order valence-corrected chi connectivity index (χ2v) is 10.3. The Kier molecular flexibility index (Phi) is 8.00. The predicted octanol–water partition coefficient (Wildman–Crippen LogP) is 5.16. The van der Waals surface area contributed by atoms with Crippen LogP contribution in [-0.4, -0.2) is 27.6 Å². The van der Waals surface area contributed by atoms with Crippen LogP contribution in [0.15, 0.2) is 113 Å². The minimum atomic E-state index is -3.71. The van der Waals surface area contributed by atoms with Crippen LogP contribution in [0.1, 0.15) is 27.0 Å². The molecular formula is C29H27N3O4S. The summed E-state index contributed by atoms with van der Waals surface area (Å²) < 4.78 is 32.7. The van der Waals surface area contributed by atoms with E-state index in [2.05, 4.69) is 10.5 Å². The van der Waals surface area contributed by atoms with Crippen molar-refractivity contribution in [3.63, 3.8) is 0 Å². The molecule has 0 atom stereocenters. The van der Waals surface area contributed by atoms with Gasteiger partial charge in [-0.15, -0.1) is 0 Å². The lowest BCUT2D eigenvalue weighted by atomic mass is 10.2. The zero-order chi connectivity index (χ0) is 26.3. The molecule has 4 rings (SSSR count). The van der Waals surface area contributed by atoms with Crippen molar-refractivity contribution < 1.29 is 17.9 Å². The van der Waals surface area contributed by atoms with E-state index in [1.807, 2.05) is 61.5 Å². The SMILES string of the molecule is Cc1ccc(S(=O)(=O)N(C)c2ccc(C(=O)N/N=C\c3ccc(OCc4ccccc4)cc3)cc2)cc1. The molecule has 0 unspecified atom stereocenters. The summed E-state index contributed by atoms with van der Waals surface area (Å²) in [5.41, 5.74) is 6.14. The molecule has 0 bridgehead atoms. The number of ether oxygens (including phenoxy) is 1. The van der Waals surface area contributed by atoms with Crippen molar-refractivity contribution in [2.45, 2.75) is 18.4 Å². The van der Waals surface area contributed by atoms with Gasteiger partial charge in [0, 0.05) is 12.6 Å². The van der Waals surface area contributed by atoms with Gasteiger partial charge in [0.05, 0.1) is 16.8 Å². The summed E-state index contributed by atoms with van der Waals surface area (Å²) in [7, 11) is -2.23. The summed E-state index contributed by atoms with van der Waals surface area (Å²) in [6.07, 6.45) is 1.54. The quantitative estimate of drug-likeness (QED) is 0.247. The molecule has 4 aromatic carbocycles. The smallest absolute Gasteiger partial charge is 0.271 e. The molecule has 1 N–H and O–H groups in total. The Bertz CT molecular complexity index is 1470. The third-order valence-corrected chi connectivity index (χ3v) is 7.48. The number of carbonyl (C=O) groups excluding carboxylic acids is 1. The maximum Gasteiger partial charge on any atom is 0.271 e. The van der Waals surface area contributed by atoms with Crippen molar-refractivity contribution in [1.29, 1.82) is 0 Å². The first-order valence-corrected chi connectivity index (χ1v) is 13.0. The van der Waals surface area contributed by atoms with Gasteiger partial charge in [0.15, 0.2) is 0 Å². The zero-order valence-corrected chi connectivity index (χ0v) is 21.4. The van der Waals surface area contributed by atoms with Crippen molar-refractivity contribution >= 4 is 27.8 Å². The summed E-state index contributed by atoms with van der Waals surface area (Å²) in [6.45, 7) is 2.38. The Morgan fingerprint density at radius 2 is 1.54 bits per heavy atom. The molecule has 0 saturated heterocycles. The van der Waals surface area contributed by atoms with Gasteiger partial charge in [-0.05, 0) is 78.7 Å². The normalized spacial score (nSPS) is 11.3. The Morgan fingerprint density at radius 1 is 0.892 bits per heavy atom. The van der Waals surface area contributed by atoms with Gasteiger partial charge in [-0.3, -0.25) is 9.10 Å². The second kappa shape index (κ2) is 11.5. The molecule has 0 saturated carbocycles. The van der Waals surface area contributed by atoms with E-state index in [1.165, 1.54) is 17.6 Å². The van der Waals surface area contributed by atoms with Crippen LogP contribution in [0.5, 0.6) is 5.75 Å². The van der Waals surface area contributed by atoms with Crippen LogP contribution in [-0.2, 0) is 16.6 Å². The highest BCUT2D eigenvalue weighted by Crippen LogP contribution is 2.23.